The Balaban J connectivity index is 1.57. The minimum absolute atomic E-state index is 0.0403. The Morgan fingerprint density at radius 1 is 1.32 bits per heavy atom. The fourth-order valence-electron chi connectivity index (χ4n) is 2.56. The van der Waals surface area contributed by atoms with Crippen LogP contribution in [0.4, 0.5) is 0 Å². The second kappa shape index (κ2) is 6.65. The van der Waals surface area contributed by atoms with Gasteiger partial charge in [-0.25, -0.2) is 0 Å². The van der Waals surface area contributed by atoms with Crippen LogP contribution in [0.15, 0.2) is 0 Å². The summed E-state index contributed by atoms with van der Waals surface area (Å²) in [6, 6.07) is 0.307. The maximum Gasteiger partial charge on any atom is 0.229 e. The largest absolute Gasteiger partial charge is 0.356 e. The van der Waals surface area contributed by atoms with Crippen LogP contribution in [0.5, 0.6) is 0 Å². The number of rotatable bonds is 6. The molecule has 2 heterocycles. The fourth-order valence-corrected chi connectivity index (χ4v) is 2.56. The SMILES string of the molecule is O=C(CC1CCCN1)NCCCN1C(=O)CCC1=O. The molecule has 0 saturated carbocycles. The van der Waals surface area contributed by atoms with Gasteiger partial charge in [0.05, 0.1) is 0 Å². The van der Waals surface area contributed by atoms with E-state index >= 15 is 0 Å². The van der Waals surface area contributed by atoms with Gasteiger partial charge in [0.25, 0.3) is 0 Å². The van der Waals surface area contributed by atoms with E-state index in [4.69, 9.17) is 0 Å². The van der Waals surface area contributed by atoms with Crippen molar-refractivity contribution in [3.05, 3.63) is 0 Å². The van der Waals surface area contributed by atoms with Gasteiger partial charge in [-0.2, -0.15) is 0 Å². The summed E-state index contributed by atoms with van der Waals surface area (Å²) >= 11 is 0. The highest BCUT2D eigenvalue weighted by Gasteiger charge is 2.27. The number of amides is 3. The van der Waals surface area contributed by atoms with E-state index in [2.05, 4.69) is 10.6 Å². The summed E-state index contributed by atoms with van der Waals surface area (Å²) in [6.45, 7) is 1.93. The van der Waals surface area contributed by atoms with E-state index in [9.17, 15) is 14.4 Å². The van der Waals surface area contributed by atoms with E-state index in [1.54, 1.807) is 0 Å². The van der Waals surface area contributed by atoms with Crippen LogP contribution in [0.3, 0.4) is 0 Å². The molecule has 0 spiro atoms. The van der Waals surface area contributed by atoms with Crippen molar-refractivity contribution in [1.29, 1.82) is 0 Å². The molecule has 1 unspecified atom stereocenters. The van der Waals surface area contributed by atoms with Crippen LogP contribution in [-0.2, 0) is 14.4 Å². The molecule has 0 bridgehead atoms. The Hall–Kier alpha value is -1.43. The molecule has 0 aromatic heterocycles. The van der Waals surface area contributed by atoms with Gasteiger partial charge in [0.1, 0.15) is 0 Å². The Labute approximate surface area is 112 Å². The van der Waals surface area contributed by atoms with Crippen molar-refractivity contribution in [2.24, 2.45) is 0 Å². The van der Waals surface area contributed by atoms with Gasteiger partial charge < -0.3 is 10.6 Å². The molecule has 19 heavy (non-hydrogen) atoms. The van der Waals surface area contributed by atoms with Crippen molar-refractivity contribution in [3.8, 4) is 0 Å². The molecule has 2 aliphatic rings. The highest BCUT2D eigenvalue weighted by molar-refractivity contribution is 6.01. The van der Waals surface area contributed by atoms with Crippen LogP contribution in [0.2, 0.25) is 0 Å². The van der Waals surface area contributed by atoms with E-state index in [1.807, 2.05) is 0 Å². The van der Waals surface area contributed by atoms with Crippen molar-refractivity contribution < 1.29 is 14.4 Å². The van der Waals surface area contributed by atoms with Crippen LogP contribution in [0.25, 0.3) is 0 Å². The number of carbonyl (C=O) groups is 3. The Bertz CT molecular complexity index is 348. The summed E-state index contributed by atoms with van der Waals surface area (Å²) in [5.74, 6) is -0.142. The highest BCUT2D eigenvalue weighted by atomic mass is 16.2. The van der Waals surface area contributed by atoms with Gasteiger partial charge in [-0.3, -0.25) is 19.3 Å². The van der Waals surface area contributed by atoms with E-state index in [0.29, 0.717) is 44.8 Å². The second-order valence-electron chi connectivity index (χ2n) is 5.14. The summed E-state index contributed by atoms with van der Waals surface area (Å²) in [6.07, 6.45) is 4.00. The van der Waals surface area contributed by atoms with Gasteiger partial charge in [0, 0.05) is 38.4 Å². The van der Waals surface area contributed by atoms with Crippen molar-refractivity contribution in [2.45, 2.75) is 44.6 Å². The third-order valence-corrected chi connectivity index (χ3v) is 3.63. The topological polar surface area (TPSA) is 78.5 Å². The summed E-state index contributed by atoms with van der Waals surface area (Å²) in [7, 11) is 0. The molecule has 106 valence electrons. The molecule has 0 radical (unpaired) electrons. The Morgan fingerprint density at radius 3 is 2.68 bits per heavy atom. The lowest BCUT2D eigenvalue weighted by molar-refractivity contribution is -0.138. The monoisotopic (exact) mass is 267 g/mol. The maximum absolute atomic E-state index is 11.6. The van der Waals surface area contributed by atoms with E-state index in [0.717, 1.165) is 19.4 Å². The van der Waals surface area contributed by atoms with Crippen molar-refractivity contribution in [2.75, 3.05) is 19.6 Å². The van der Waals surface area contributed by atoms with Gasteiger partial charge in [-0.05, 0) is 25.8 Å². The molecule has 2 fully saturated rings. The van der Waals surface area contributed by atoms with Crippen LogP contribution in [0.1, 0.15) is 38.5 Å². The summed E-state index contributed by atoms with van der Waals surface area (Å²) in [4.78, 5) is 35.6. The molecule has 2 rings (SSSR count). The number of imide groups is 1. The average molecular weight is 267 g/mol. The van der Waals surface area contributed by atoms with Gasteiger partial charge in [0.15, 0.2) is 0 Å². The van der Waals surface area contributed by atoms with Crippen LogP contribution < -0.4 is 10.6 Å². The van der Waals surface area contributed by atoms with E-state index < -0.39 is 0 Å². The lowest BCUT2D eigenvalue weighted by Crippen LogP contribution is -2.35. The predicted molar refractivity (Wildman–Crippen MR) is 69.2 cm³/mol. The number of hydrogen-bond donors (Lipinski definition) is 2. The van der Waals surface area contributed by atoms with Crippen molar-refractivity contribution >= 4 is 17.7 Å². The molecular weight excluding hydrogens is 246 g/mol. The quantitative estimate of drug-likeness (QED) is 0.515. The van der Waals surface area contributed by atoms with Crippen molar-refractivity contribution in [3.63, 3.8) is 0 Å². The third kappa shape index (κ3) is 4.02. The molecule has 2 saturated heterocycles. The second-order valence-corrected chi connectivity index (χ2v) is 5.14. The maximum atomic E-state index is 11.6. The first kappa shape index (κ1) is 14.0. The molecule has 1 atom stereocenters. The molecule has 0 aliphatic carbocycles. The van der Waals surface area contributed by atoms with Gasteiger partial charge in [-0.15, -0.1) is 0 Å². The van der Waals surface area contributed by atoms with Gasteiger partial charge in [-0.1, -0.05) is 0 Å². The first-order valence-corrected chi connectivity index (χ1v) is 7.00. The molecule has 0 aromatic carbocycles. The fraction of sp³-hybridized carbons (Fsp3) is 0.769. The van der Waals surface area contributed by atoms with E-state index in [-0.39, 0.29) is 17.7 Å². The standard InChI is InChI=1S/C13H21N3O3/c17-11(9-10-3-1-6-14-10)15-7-2-8-16-12(18)4-5-13(16)19/h10,14H,1-9H2,(H,15,17). The number of nitrogens with one attached hydrogen (secondary N) is 2. The molecular formula is C13H21N3O3. The van der Waals surface area contributed by atoms with Crippen LogP contribution >= 0.6 is 0 Å². The smallest absolute Gasteiger partial charge is 0.229 e. The van der Waals surface area contributed by atoms with Crippen LogP contribution in [-0.4, -0.2) is 48.3 Å². The van der Waals surface area contributed by atoms with E-state index in [1.165, 1.54) is 4.90 Å². The first-order chi connectivity index (χ1) is 9.16. The molecule has 3 amide bonds. The Morgan fingerprint density at radius 2 is 2.05 bits per heavy atom. The molecule has 2 aliphatic heterocycles. The number of likely N-dealkylation sites (tertiary alicyclic amines) is 1. The summed E-state index contributed by atoms with van der Waals surface area (Å²) in [5.41, 5.74) is 0. The predicted octanol–water partition coefficient (Wildman–Crippen LogP) is -0.216. The minimum Gasteiger partial charge on any atom is -0.356 e. The van der Waals surface area contributed by atoms with Crippen LogP contribution in [0, 0.1) is 0 Å². The molecule has 6 heteroatoms. The van der Waals surface area contributed by atoms with Gasteiger partial charge >= 0.3 is 0 Å². The minimum atomic E-state index is -0.0912. The molecule has 0 aromatic rings. The number of nitrogens with zero attached hydrogens (tertiary/aromatic N) is 1. The lowest BCUT2D eigenvalue weighted by Gasteiger charge is -2.14. The zero-order valence-corrected chi connectivity index (χ0v) is 11.1. The molecule has 6 nitrogen and oxygen atoms in total. The first-order valence-electron chi connectivity index (χ1n) is 7.00. The third-order valence-electron chi connectivity index (χ3n) is 3.63. The number of hydrogen-bond acceptors (Lipinski definition) is 4. The summed E-state index contributed by atoms with van der Waals surface area (Å²) in [5, 5.41) is 6.11. The zero-order valence-electron chi connectivity index (χ0n) is 11.1. The average Bonchev–Trinajstić information content (AvgIpc) is 2.98. The lowest BCUT2D eigenvalue weighted by atomic mass is 10.1. The van der Waals surface area contributed by atoms with Gasteiger partial charge in [0.2, 0.25) is 17.7 Å². The normalized spacial score (nSPS) is 23.2. The highest BCUT2D eigenvalue weighted by Crippen LogP contribution is 2.11. The number of carbonyl (C=O) groups excluding carboxylic acids is 3. The zero-order chi connectivity index (χ0) is 13.7. The Kier molecular flexibility index (Phi) is 4.90. The van der Waals surface area contributed by atoms with Crippen molar-refractivity contribution in [1.82, 2.24) is 15.5 Å². The molecule has 2 N–H and O–H groups in total. The summed E-state index contributed by atoms with van der Waals surface area (Å²) < 4.78 is 0.